The summed E-state index contributed by atoms with van der Waals surface area (Å²) in [5, 5.41) is 2.83. The molecule has 2 aromatic rings. The molecule has 0 saturated heterocycles. The van der Waals surface area contributed by atoms with Crippen LogP contribution < -0.4 is 11.1 Å². The molecule has 0 aliphatic carbocycles. The standard InChI is InChI=1S/C19H25N3O3S.ClH/c1-13(2)22(4)26(24,25)17-9-6-15(7-10-17)12-21-19(23)18-11-16(20)8-5-14(18)3;/h5-11,13H,12,20H2,1-4H3,(H,21,23);1H. The van der Waals surface area contributed by atoms with Crippen LogP contribution in [0, 0.1) is 6.92 Å². The largest absolute Gasteiger partial charge is 0.399 e. The van der Waals surface area contributed by atoms with E-state index in [4.69, 9.17) is 5.73 Å². The highest BCUT2D eigenvalue weighted by molar-refractivity contribution is 7.89. The van der Waals surface area contributed by atoms with Crippen molar-refractivity contribution < 1.29 is 13.2 Å². The second-order valence-electron chi connectivity index (χ2n) is 6.52. The van der Waals surface area contributed by atoms with Gasteiger partial charge in [0.15, 0.2) is 0 Å². The number of nitrogen functional groups attached to an aromatic ring is 1. The van der Waals surface area contributed by atoms with Gasteiger partial charge in [-0.05, 0) is 56.2 Å². The highest BCUT2D eigenvalue weighted by Gasteiger charge is 2.22. The lowest BCUT2D eigenvalue weighted by molar-refractivity contribution is 0.0950. The molecule has 0 aliphatic heterocycles. The van der Waals surface area contributed by atoms with Crippen molar-refractivity contribution in [2.45, 2.75) is 38.3 Å². The maximum absolute atomic E-state index is 12.4. The molecular formula is C19H26ClN3O3S. The second kappa shape index (κ2) is 9.21. The number of carbonyl (C=O) groups excluding carboxylic acids is 1. The van der Waals surface area contributed by atoms with E-state index in [1.807, 2.05) is 20.8 Å². The van der Waals surface area contributed by atoms with E-state index in [2.05, 4.69) is 5.32 Å². The fourth-order valence-electron chi connectivity index (χ4n) is 2.38. The summed E-state index contributed by atoms with van der Waals surface area (Å²) >= 11 is 0. The SMILES string of the molecule is Cc1ccc(N)cc1C(=O)NCc1ccc(S(=O)(=O)N(C)C(C)C)cc1.Cl. The first-order valence-electron chi connectivity index (χ1n) is 8.34. The maximum atomic E-state index is 12.4. The Kier molecular flexibility index (Phi) is 7.83. The third-order valence-electron chi connectivity index (χ3n) is 4.29. The fourth-order valence-corrected chi connectivity index (χ4v) is 3.75. The number of benzene rings is 2. The van der Waals surface area contributed by atoms with Gasteiger partial charge in [0.05, 0.1) is 4.90 Å². The summed E-state index contributed by atoms with van der Waals surface area (Å²) in [5.74, 6) is -0.217. The zero-order valence-corrected chi connectivity index (χ0v) is 17.5. The van der Waals surface area contributed by atoms with Crippen molar-refractivity contribution in [3.63, 3.8) is 0 Å². The second-order valence-corrected chi connectivity index (χ2v) is 8.51. The van der Waals surface area contributed by atoms with Crippen molar-refractivity contribution in [1.82, 2.24) is 9.62 Å². The van der Waals surface area contributed by atoms with Crippen molar-refractivity contribution in [2.75, 3.05) is 12.8 Å². The molecule has 0 fully saturated rings. The molecule has 27 heavy (non-hydrogen) atoms. The van der Waals surface area contributed by atoms with Gasteiger partial charge < -0.3 is 11.1 Å². The quantitative estimate of drug-likeness (QED) is 0.714. The zero-order valence-electron chi connectivity index (χ0n) is 15.9. The highest BCUT2D eigenvalue weighted by atomic mass is 35.5. The molecule has 1 amide bonds. The van der Waals surface area contributed by atoms with Crippen LogP contribution in [0.3, 0.4) is 0 Å². The maximum Gasteiger partial charge on any atom is 0.251 e. The van der Waals surface area contributed by atoms with Crippen molar-refractivity contribution in [3.05, 3.63) is 59.2 Å². The van der Waals surface area contributed by atoms with Crippen molar-refractivity contribution in [1.29, 1.82) is 0 Å². The smallest absolute Gasteiger partial charge is 0.251 e. The lowest BCUT2D eigenvalue weighted by Crippen LogP contribution is -2.33. The van der Waals surface area contributed by atoms with Crippen LogP contribution in [-0.2, 0) is 16.6 Å². The number of halogens is 1. The first-order valence-corrected chi connectivity index (χ1v) is 9.78. The predicted molar refractivity (Wildman–Crippen MR) is 111 cm³/mol. The fraction of sp³-hybridized carbons (Fsp3) is 0.316. The predicted octanol–water partition coefficient (Wildman–Crippen LogP) is 2.96. The monoisotopic (exact) mass is 411 g/mol. The van der Waals surface area contributed by atoms with E-state index in [0.29, 0.717) is 17.8 Å². The molecule has 0 unspecified atom stereocenters. The van der Waals surface area contributed by atoms with Gasteiger partial charge in [-0.2, -0.15) is 4.31 Å². The highest BCUT2D eigenvalue weighted by Crippen LogP contribution is 2.17. The number of aryl methyl sites for hydroxylation is 1. The summed E-state index contributed by atoms with van der Waals surface area (Å²) < 4.78 is 26.2. The number of amides is 1. The number of carbonyl (C=O) groups is 1. The van der Waals surface area contributed by atoms with Crippen LogP contribution in [0.4, 0.5) is 5.69 Å². The minimum atomic E-state index is -3.51. The van der Waals surface area contributed by atoms with E-state index in [-0.39, 0.29) is 29.3 Å². The number of rotatable bonds is 6. The van der Waals surface area contributed by atoms with Crippen LogP contribution in [0.15, 0.2) is 47.4 Å². The third kappa shape index (κ3) is 5.45. The minimum Gasteiger partial charge on any atom is -0.399 e. The van der Waals surface area contributed by atoms with Crippen LogP contribution in [0.25, 0.3) is 0 Å². The molecular weight excluding hydrogens is 386 g/mol. The van der Waals surface area contributed by atoms with E-state index in [9.17, 15) is 13.2 Å². The lowest BCUT2D eigenvalue weighted by Gasteiger charge is -2.21. The average Bonchev–Trinajstić information content (AvgIpc) is 2.61. The van der Waals surface area contributed by atoms with E-state index in [1.54, 1.807) is 49.5 Å². The topological polar surface area (TPSA) is 92.5 Å². The molecule has 0 saturated carbocycles. The van der Waals surface area contributed by atoms with Gasteiger partial charge in [0.25, 0.3) is 5.91 Å². The Hall–Kier alpha value is -2.09. The Labute approximate surface area is 167 Å². The molecule has 0 aromatic heterocycles. The van der Waals surface area contributed by atoms with Crippen molar-refractivity contribution in [2.24, 2.45) is 0 Å². The Morgan fingerprint density at radius 2 is 1.74 bits per heavy atom. The first-order chi connectivity index (χ1) is 12.1. The van der Waals surface area contributed by atoms with Crippen LogP contribution in [-0.4, -0.2) is 31.7 Å². The van der Waals surface area contributed by atoms with Gasteiger partial charge in [-0.3, -0.25) is 4.79 Å². The van der Waals surface area contributed by atoms with Crippen LogP contribution in [0.5, 0.6) is 0 Å². The van der Waals surface area contributed by atoms with E-state index < -0.39 is 10.0 Å². The van der Waals surface area contributed by atoms with Gasteiger partial charge in [0.2, 0.25) is 10.0 Å². The Morgan fingerprint density at radius 1 is 1.15 bits per heavy atom. The molecule has 6 nitrogen and oxygen atoms in total. The van der Waals surface area contributed by atoms with Crippen LogP contribution in [0.2, 0.25) is 0 Å². The Balaban J connectivity index is 0.00000364. The molecule has 0 spiro atoms. The average molecular weight is 412 g/mol. The lowest BCUT2D eigenvalue weighted by atomic mass is 10.1. The summed E-state index contributed by atoms with van der Waals surface area (Å²) in [6.07, 6.45) is 0. The molecule has 3 N–H and O–H groups in total. The number of nitrogens with two attached hydrogens (primary N) is 1. The van der Waals surface area contributed by atoms with E-state index in [1.165, 1.54) is 4.31 Å². The molecule has 0 heterocycles. The van der Waals surface area contributed by atoms with Crippen molar-refractivity contribution >= 4 is 34.0 Å². The molecule has 0 atom stereocenters. The summed E-state index contributed by atoms with van der Waals surface area (Å²) in [6.45, 7) is 5.78. The normalized spacial score (nSPS) is 11.3. The minimum absolute atomic E-state index is 0. The molecule has 148 valence electrons. The van der Waals surface area contributed by atoms with Gasteiger partial charge in [-0.15, -0.1) is 12.4 Å². The van der Waals surface area contributed by atoms with Crippen molar-refractivity contribution in [3.8, 4) is 0 Å². The molecule has 0 radical (unpaired) electrons. The zero-order chi connectivity index (χ0) is 19.5. The summed E-state index contributed by atoms with van der Waals surface area (Å²) in [7, 11) is -1.95. The van der Waals surface area contributed by atoms with E-state index in [0.717, 1.165) is 11.1 Å². The Morgan fingerprint density at radius 3 is 2.30 bits per heavy atom. The number of nitrogens with zero attached hydrogens (tertiary/aromatic N) is 1. The summed E-state index contributed by atoms with van der Waals surface area (Å²) in [4.78, 5) is 12.5. The van der Waals surface area contributed by atoms with Gasteiger partial charge in [0, 0.05) is 30.9 Å². The van der Waals surface area contributed by atoms with Gasteiger partial charge in [0.1, 0.15) is 0 Å². The molecule has 2 aromatic carbocycles. The van der Waals surface area contributed by atoms with E-state index >= 15 is 0 Å². The van der Waals surface area contributed by atoms with Crippen LogP contribution >= 0.6 is 12.4 Å². The number of nitrogens with one attached hydrogen (secondary N) is 1. The molecule has 2 rings (SSSR count). The number of anilines is 1. The number of hydrogen-bond acceptors (Lipinski definition) is 4. The Bertz CT molecular complexity index is 897. The number of hydrogen-bond donors (Lipinski definition) is 2. The molecule has 0 aliphatic rings. The summed E-state index contributed by atoms with van der Waals surface area (Å²) in [5.41, 5.74) is 8.45. The third-order valence-corrected chi connectivity index (χ3v) is 6.33. The first kappa shape index (κ1) is 23.0. The summed E-state index contributed by atoms with van der Waals surface area (Å²) in [6, 6.07) is 11.6. The van der Waals surface area contributed by atoms with Crippen LogP contribution in [0.1, 0.15) is 35.3 Å². The molecule has 0 bridgehead atoms. The number of sulfonamides is 1. The van der Waals surface area contributed by atoms with Gasteiger partial charge in [-0.25, -0.2) is 8.42 Å². The van der Waals surface area contributed by atoms with Gasteiger partial charge >= 0.3 is 0 Å². The van der Waals surface area contributed by atoms with Gasteiger partial charge in [-0.1, -0.05) is 18.2 Å². The molecule has 8 heteroatoms.